The predicted octanol–water partition coefficient (Wildman–Crippen LogP) is 1.72. The number of nitrogens with one attached hydrogen (secondary N) is 1. The summed E-state index contributed by atoms with van der Waals surface area (Å²) in [7, 11) is 0. The first-order valence-corrected chi connectivity index (χ1v) is 5.26. The van der Waals surface area contributed by atoms with Gasteiger partial charge in [-0.25, -0.2) is 0 Å². The van der Waals surface area contributed by atoms with E-state index in [4.69, 9.17) is 5.11 Å². The standard InChI is InChI=1S/C11H14N2O4/c1-2-7-12-10(11(14)15)8-3-5-9(6-4-8)13(16)17/h3-6,10,12H,2,7H2,1H3,(H,14,15). The summed E-state index contributed by atoms with van der Waals surface area (Å²) in [6.07, 6.45) is 0.816. The average molecular weight is 238 g/mol. The maximum Gasteiger partial charge on any atom is 0.325 e. The molecule has 0 heterocycles. The fourth-order valence-electron chi connectivity index (χ4n) is 1.42. The van der Waals surface area contributed by atoms with Crippen molar-refractivity contribution < 1.29 is 14.8 Å². The van der Waals surface area contributed by atoms with Crippen molar-refractivity contribution in [2.24, 2.45) is 0 Å². The fourth-order valence-corrected chi connectivity index (χ4v) is 1.42. The number of aliphatic carboxylic acids is 1. The molecular weight excluding hydrogens is 224 g/mol. The van der Waals surface area contributed by atoms with Crippen molar-refractivity contribution in [1.82, 2.24) is 5.32 Å². The number of hydrogen-bond acceptors (Lipinski definition) is 4. The number of carbonyl (C=O) groups is 1. The first-order chi connectivity index (χ1) is 8.06. The lowest BCUT2D eigenvalue weighted by Gasteiger charge is -2.13. The Morgan fingerprint density at radius 3 is 2.47 bits per heavy atom. The van der Waals surface area contributed by atoms with Crippen molar-refractivity contribution in [3.05, 3.63) is 39.9 Å². The molecule has 0 saturated carbocycles. The third-order valence-electron chi connectivity index (χ3n) is 2.28. The number of nitro benzene ring substituents is 1. The lowest BCUT2D eigenvalue weighted by Crippen LogP contribution is -2.28. The first kappa shape index (κ1) is 13.1. The Hall–Kier alpha value is -1.95. The number of hydrogen-bond donors (Lipinski definition) is 2. The highest BCUT2D eigenvalue weighted by molar-refractivity contribution is 5.75. The molecule has 1 aromatic rings. The van der Waals surface area contributed by atoms with Gasteiger partial charge in [0.25, 0.3) is 5.69 Å². The van der Waals surface area contributed by atoms with Gasteiger partial charge in [-0.15, -0.1) is 0 Å². The van der Waals surface area contributed by atoms with E-state index < -0.39 is 16.9 Å². The van der Waals surface area contributed by atoms with Crippen molar-refractivity contribution in [1.29, 1.82) is 0 Å². The summed E-state index contributed by atoms with van der Waals surface area (Å²) < 4.78 is 0. The van der Waals surface area contributed by atoms with Gasteiger partial charge in [-0.05, 0) is 18.5 Å². The fraction of sp³-hybridized carbons (Fsp3) is 0.364. The molecule has 0 fully saturated rings. The largest absolute Gasteiger partial charge is 0.480 e. The van der Waals surface area contributed by atoms with Crippen LogP contribution in [0.5, 0.6) is 0 Å². The van der Waals surface area contributed by atoms with E-state index in [1.165, 1.54) is 24.3 Å². The van der Waals surface area contributed by atoms with Crippen LogP contribution in [-0.2, 0) is 4.79 Å². The van der Waals surface area contributed by atoms with E-state index in [2.05, 4.69) is 5.32 Å². The number of non-ortho nitro benzene ring substituents is 1. The molecule has 1 unspecified atom stereocenters. The summed E-state index contributed by atoms with van der Waals surface area (Å²) in [5, 5.41) is 22.4. The Morgan fingerprint density at radius 2 is 2.06 bits per heavy atom. The third kappa shape index (κ3) is 3.53. The van der Waals surface area contributed by atoms with Crippen molar-refractivity contribution in [3.63, 3.8) is 0 Å². The number of carboxylic acids is 1. The zero-order valence-electron chi connectivity index (χ0n) is 9.42. The van der Waals surface area contributed by atoms with Crippen LogP contribution in [0.3, 0.4) is 0 Å². The van der Waals surface area contributed by atoms with E-state index in [-0.39, 0.29) is 5.69 Å². The molecule has 0 saturated heterocycles. The third-order valence-corrected chi connectivity index (χ3v) is 2.28. The summed E-state index contributed by atoms with van der Waals surface area (Å²) in [6, 6.07) is 4.70. The van der Waals surface area contributed by atoms with Gasteiger partial charge in [0.05, 0.1) is 4.92 Å². The van der Waals surface area contributed by atoms with Gasteiger partial charge in [0.15, 0.2) is 0 Å². The van der Waals surface area contributed by atoms with Crippen molar-refractivity contribution in [2.75, 3.05) is 6.54 Å². The Balaban J connectivity index is 2.87. The highest BCUT2D eigenvalue weighted by Crippen LogP contribution is 2.18. The number of nitro groups is 1. The molecule has 0 spiro atoms. The second-order valence-corrected chi connectivity index (χ2v) is 3.57. The Bertz CT molecular complexity index is 402. The predicted molar refractivity (Wildman–Crippen MR) is 61.8 cm³/mol. The SMILES string of the molecule is CCCNC(C(=O)O)c1ccc([N+](=O)[O-])cc1. The maximum absolute atomic E-state index is 11.0. The quantitative estimate of drug-likeness (QED) is 0.581. The maximum atomic E-state index is 11.0. The van der Waals surface area contributed by atoms with Crippen LogP contribution in [0.15, 0.2) is 24.3 Å². The smallest absolute Gasteiger partial charge is 0.325 e. The minimum Gasteiger partial charge on any atom is -0.480 e. The van der Waals surface area contributed by atoms with E-state index in [9.17, 15) is 14.9 Å². The number of rotatable bonds is 6. The summed E-state index contributed by atoms with van der Waals surface area (Å²) in [5.41, 5.74) is 0.463. The highest BCUT2D eigenvalue weighted by Gasteiger charge is 2.19. The molecule has 0 amide bonds. The van der Waals surface area contributed by atoms with Crippen LogP contribution in [0.4, 0.5) is 5.69 Å². The normalized spacial score (nSPS) is 12.1. The Labute approximate surface area is 98.4 Å². The van der Waals surface area contributed by atoms with Crippen molar-refractivity contribution in [3.8, 4) is 0 Å². The van der Waals surface area contributed by atoms with E-state index >= 15 is 0 Å². The molecule has 0 bridgehead atoms. The van der Waals surface area contributed by atoms with Crippen LogP contribution in [0, 0.1) is 10.1 Å². The zero-order chi connectivity index (χ0) is 12.8. The summed E-state index contributed by atoms with van der Waals surface area (Å²) in [5.74, 6) is -0.993. The second kappa shape index (κ2) is 5.95. The molecule has 2 N–H and O–H groups in total. The Morgan fingerprint density at radius 1 is 1.47 bits per heavy atom. The second-order valence-electron chi connectivity index (χ2n) is 3.57. The lowest BCUT2D eigenvalue weighted by atomic mass is 10.1. The van der Waals surface area contributed by atoms with Gasteiger partial charge in [-0.3, -0.25) is 14.9 Å². The van der Waals surface area contributed by atoms with Crippen LogP contribution < -0.4 is 5.32 Å². The van der Waals surface area contributed by atoms with Crippen molar-refractivity contribution >= 4 is 11.7 Å². The number of carboxylic acid groups (broad SMARTS) is 1. The van der Waals surface area contributed by atoms with Crippen LogP contribution in [0.1, 0.15) is 24.9 Å². The Kier molecular flexibility index (Phi) is 4.59. The molecule has 0 aliphatic rings. The molecular formula is C11H14N2O4. The summed E-state index contributed by atoms with van der Waals surface area (Å²) in [4.78, 5) is 21.0. The number of benzene rings is 1. The van der Waals surface area contributed by atoms with Gasteiger partial charge in [0.2, 0.25) is 0 Å². The minimum atomic E-state index is -0.993. The van der Waals surface area contributed by atoms with Crippen LogP contribution in [0.25, 0.3) is 0 Å². The number of nitrogens with zero attached hydrogens (tertiary/aromatic N) is 1. The molecule has 6 nitrogen and oxygen atoms in total. The minimum absolute atomic E-state index is 0.0478. The van der Waals surface area contributed by atoms with Crippen LogP contribution in [0.2, 0.25) is 0 Å². The molecule has 92 valence electrons. The molecule has 6 heteroatoms. The highest BCUT2D eigenvalue weighted by atomic mass is 16.6. The van der Waals surface area contributed by atoms with E-state index in [1.807, 2.05) is 6.92 Å². The van der Waals surface area contributed by atoms with E-state index in [0.717, 1.165) is 6.42 Å². The van der Waals surface area contributed by atoms with Gasteiger partial charge in [-0.2, -0.15) is 0 Å². The van der Waals surface area contributed by atoms with Gasteiger partial charge < -0.3 is 10.4 Å². The monoisotopic (exact) mass is 238 g/mol. The van der Waals surface area contributed by atoms with Gasteiger partial charge in [0.1, 0.15) is 6.04 Å². The zero-order valence-corrected chi connectivity index (χ0v) is 9.42. The van der Waals surface area contributed by atoms with E-state index in [0.29, 0.717) is 12.1 Å². The molecule has 1 aromatic carbocycles. The van der Waals surface area contributed by atoms with E-state index in [1.54, 1.807) is 0 Å². The molecule has 17 heavy (non-hydrogen) atoms. The molecule has 1 rings (SSSR count). The molecule has 0 aliphatic heterocycles. The van der Waals surface area contributed by atoms with Crippen molar-refractivity contribution in [2.45, 2.75) is 19.4 Å². The molecule has 1 atom stereocenters. The van der Waals surface area contributed by atoms with Crippen LogP contribution in [-0.4, -0.2) is 22.5 Å². The van der Waals surface area contributed by atoms with Crippen LogP contribution >= 0.6 is 0 Å². The lowest BCUT2D eigenvalue weighted by molar-refractivity contribution is -0.384. The van der Waals surface area contributed by atoms with Gasteiger partial charge in [0, 0.05) is 12.1 Å². The molecule has 0 aromatic heterocycles. The first-order valence-electron chi connectivity index (χ1n) is 5.26. The summed E-state index contributed by atoms with van der Waals surface area (Å²) >= 11 is 0. The average Bonchev–Trinajstić information content (AvgIpc) is 2.29. The topological polar surface area (TPSA) is 92.5 Å². The molecule has 0 aliphatic carbocycles. The molecule has 0 radical (unpaired) electrons. The van der Waals surface area contributed by atoms with Gasteiger partial charge in [-0.1, -0.05) is 19.1 Å². The van der Waals surface area contributed by atoms with Gasteiger partial charge >= 0.3 is 5.97 Å². The summed E-state index contributed by atoms with van der Waals surface area (Å²) in [6.45, 7) is 2.51.